The number of halogens is 2. The van der Waals surface area contributed by atoms with E-state index in [1.807, 2.05) is 4.90 Å². The van der Waals surface area contributed by atoms with Crippen LogP contribution in [0, 0.1) is 5.92 Å². The third-order valence-corrected chi connectivity index (χ3v) is 7.17. The first kappa shape index (κ1) is 23.9. The summed E-state index contributed by atoms with van der Waals surface area (Å²) >= 11 is 12.1. The van der Waals surface area contributed by atoms with Crippen molar-refractivity contribution < 1.29 is 14.4 Å². The minimum Gasteiger partial charge on any atom is -0.340 e. The average molecular weight is 468 g/mol. The van der Waals surface area contributed by atoms with Crippen LogP contribution in [-0.4, -0.2) is 59.7 Å². The van der Waals surface area contributed by atoms with E-state index in [0.29, 0.717) is 38.5 Å². The van der Waals surface area contributed by atoms with E-state index in [1.165, 1.54) is 32.1 Å². The number of carbonyl (C=O) groups is 3. The lowest BCUT2D eigenvalue weighted by Gasteiger charge is -2.36. The third kappa shape index (κ3) is 6.36. The first-order valence-electron chi connectivity index (χ1n) is 11.2. The van der Waals surface area contributed by atoms with E-state index >= 15 is 0 Å². The number of benzene rings is 1. The minimum atomic E-state index is -0.698. The first-order valence-corrected chi connectivity index (χ1v) is 11.9. The van der Waals surface area contributed by atoms with Gasteiger partial charge in [-0.05, 0) is 31.4 Å². The molecule has 2 fully saturated rings. The van der Waals surface area contributed by atoms with Crippen molar-refractivity contribution in [1.82, 2.24) is 15.1 Å². The smallest absolute Gasteiger partial charge is 0.253 e. The summed E-state index contributed by atoms with van der Waals surface area (Å²) < 4.78 is 0. The highest BCUT2D eigenvalue weighted by atomic mass is 35.5. The van der Waals surface area contributed by atoms with E-state index in [2.05, 4.69) is 5.32 Å². The van der Waals surface area contributed by atoms with Crippen molar-refractivity contribution in [3.8, 4) is 0 Å². The second kappa shape index (κ2) is 11.2. The van der Waals surface area contributed by atoms with Crippen LogP contribution in [-0.2, 0) is 9.59 Å². The van der Waals surface area contributed by atoms with Gasteiger partial charge in [0.1, 0.15) is 6.04 Å². The highest BCUT2D eigenvalue weighted by molar-refractivity contribution is 6.43. The van der Waals surface area contributed by atoms with Crippen molar-refractivity contribution in [1.29, 1.82) is 0 Å². The third-order valence-electron chi connectivity index (χ3n) is 6.35. The van der Waals surface area contributed by atoms with Crippen LogP contribution in [0.4, 0.5) is 0 Å². The van der Waals surface area contributed by atoms with Crippen molar-refractivity contribution in [2.45, 2.75) is 57.9 Å². The molecule has 0 spiro atoms. The molecule has 1 heterocycles. The topological polar surface area (TPSA) is 69.7 Å². The normalized spacial score (nSPS) is 18.5. The molecule has 0 radical (unpaired) electrons. The van der Waals surface area contributed by atoms with Crippen molar-refractivity contribution in [2.75, 3.05) is 26.2 Å². The van der Waals surface area contributed by atoms with Gasteiger partial charge in [-0.25, -0.2) is 0 Å². The van der Waals surface area contributed by atoms with Gasteiger partial charge in [-0.15, -0.1) is 0 Å². The molecular formula is C23H31Cl2N3O3. The Balaban J connectivity index is 1.44. The number of nitrogens with one attached hydrogen (secondary N) is 1. The Labute approximate surface area is 194 Å². The zero-order valence-corrected chi connectivity index (χ0v) is 19.6. The molecule has 2 aliphatic rings. The first-order chi connectivity index (χ1) is 14.9. The fraction of sp³-hybridized carbons (Fsp3) is 0.609. The molecule has 1 aromatic rings. The molecule has 0 aromatic heterocycles. The van der Waals surface area contributed by atoms with Gasteiger partial charge < -0.3 is 15.1 Å². The second-order valence-electron chi connectivity index (χ2n) is 8.55. The quantitative estimate of drug-likeness (QED) is 0.682. The highest BCUT2D eigenvalue weighted by Gasteiger charge is 2.28. The Hall–Kier alpha value is -1.79. The average Bonchev–Trinajstić information content (AvgIpc) is 2.79. The summed E-state index contributed by atoms with van der Waals surface area (Å²) in [4.78, 5) is 41.4. The van der Waals surface area contributed by atoms with E-state index < -0.39 is 11.9 Å². The predicted octanol–water partition coefficient (Wildman–Crippen LogP) is 4.14. The SMILES string of the molecule is CC(NC(=O)c1cccc(Cl)c1Cl)C(=O)N1CCN(C(=O)CCC2CCCCC2)CC1. The van der Waals surface area contributed by atoms with Crippen LogP contribution in [0.1, 0.15) is 62.2 Å². The molecule has 1 saturated heterocycles. The molecule has 1 unspecified atom stereocenters. The van der Waals surface area contributed by atoms with Crippen molar-refractivity contribution >= 4 is 40.9 Å². The molecule has 31 heavy (non-hydrogen) atoms. The van der Waals surface area contributed by atoms with Crippen molar-refractivity contribution in [3.63, 3.8) is 0 Å². The maximum Gasteiger partial charge on any atom is 0.253 e. The summed E-state index contributed by atoms with van der Waals surface area (Å²) in [5, 5.41) is 3.16. The van der Waals surface area contributed by atoms with E-state index in [0.717, 1.165) is 6.42 Å². The lowest BCUT2D eigenvalue weighted by molar-refractivity contribution is -0.140. The summed E-state index contributed by atoms with van der Waals surface area (Å²) in [5.74, 6) is 0.276. The van der Waals surface area contributed by atoms with Crippen LogP contribution in [0.5, 0.6) is 0 Å². The summed E-state index contributed by atoms with van der Waals surface area (Å²) in [7, 11) is 0. The number of piperazine rings is 1. The fourth-order valence-electron chi connectivity index (χ4n) is 4.43. The van der Waals surface area contributed by atoms with Gasteiger partial charge in [-0.3, -0.25) is 14.4 Å². The van der Waals surface area contributed by atoms with Crippen molar-refractivity contribution in [3.05, 3.63) is 33.8 Å². The minimum absolute atomic E-state index is 0.166. The molecule has 1 aliphatic heterocycles. The molecule has 1 aromatic carbocycles. The molecule has 1 atom stereocenters. The van der Waals surface area contributed by atoms with E-state index in [4.69, 9.17) is 23.2 Å². The number of nitrogens with zero attached hydrogens (tertiary/aromatic N) is 2. The Morgan fingerprint density at radius 3 is 2.35 bits per heavy atom. The summed E-state index contributed by atoms with van der Waals surface area (Å²) in [6, 6.07) is 4.11. The van der Waals surface area contributed by atoms with Crippen LogP contribution < -0.4 is 5.32 Å². The van der Waals surface area contributed by atoms with Gasteiger partial charge in [-0.1, -0.05) is 61.4 Å². The zero-order valence-electron chi connectivity index (χ0n) is 18.0. The second-order valence-corrected chi connectivity index (χ2v) is 9.33. The molecular weight excluding hydrogens is 437 g/mol. The van der Waals surface area contributed by atoms with Crippen LogP contribution in [0.15, 0.2) is 18.2 Å². The van der Waals surface area contributed by atoms with Crippen LogP contribution in [0.25, 0.3) is 0 Å². The van der Waals surface area contributed by atoms with Gasteiger partial charge >= 0.3 is 0 Å². The fourth-order valence-corrected chi connectivity index (χ4v) is 4.81. The molecule has 6 nitrogen and oxygen atoms in total. The van der Waals surface area contributed by atoms with Crippen LogP contribution in [0.2, 0.25) is 10.0 Å². The largest absolute Gasteiger partial charge is 0.340 e. The lowest BCUT2D eigenvalue weighted by Crippen LogP contribution is -2.55. The Bertz CT molecular complexity index is 803. The molecule has 1 saturated carbocycles. The van der Waals surface area contributed by atoms with Gasteiger partial charge in [0, 0.05) is 32.6 Å². The standard InChI is InChI=1S/C23H31Cl2N3O3/c1-16(26-22(30)18-8-5-9-19(24)21(18)25)23(31)28-14-12-27(13-15-28)20(29)11-10-17-6-3-2-4-7-17/h5,8-9,16-17H,2-4,6-7,10-15H2,1H3,(H,26,30). The van der Waals surface area contributed by atoms with E-state index in [1.54, 1.807) is 30.0 Å². The molecule has 3 amide bonds. The number of amides is 3. The van der Waals surface area contributed by atoms with E-state index in [9.17, 15) is 14.4 Å². The zero-order chi connectivity index (χ0) is 22.4. The van der Waals surface area contributed by atoms with Crippen LogP contribution in [0.3, 0.4) is 0 Å². The molecule has 1 aliphatic carbocycles. The maximum absolute atomic E-state index is 12.8. The molecule has 3 rings (SSSR count). The summed E-state index contributed by atoms with van der Waals surface area (Å²) in [6.45, 7) is 3.69. The summed E-state index contributed by atoms with van der Waals surface area (Å²) in [5.41, 5.74) is 0.238. The lowest BCUT2D eigenvalue weighted by atomic mass is 9.86. The molecule has 0 bridgehead atoms. The number of hydrogen-bond donors (Lipinski definition) is 1. The molecule has 8 heteroatoms. The van der Waals surface area contributed by atoms with Gasteiger partial charge in [-0.2, -0.15) is 0 Å². The highest BCUT2D eigenvalue weighted by Crippen LogP contribution is 2.28. The Kier molecular flexibility index (Phi) is 8.61. The number of hydrogen-bond acceptors (Lipinski definition) is 3. The van der Waals surface area contributed by atoms with Gasteiger partial charge in [0.15, 0.2) is 0 Å². The van der Waals surface area contributed by atoms with Gasteiger partial charge in [0.25, 0.3) is 5.91 Å². The molecule has 170 valence electrons. The van der Waals surface area contributed by atoms with Gasteiger partial charge in [0.2, 0.25) is 11.8 Å². The van der Waals surface area contributed by atoms with E-state index in [-0.39, 0.29) is 27.4 Å². The monoisotopic (exact) mass is 467 g/mol. The van der Waals surface area contributed by atoms with Crippen molar-refractivity contribution in [2.24, 2.45) is 5.92 Å². The molecule has 1 N–H and O–H groups in total. The Morgan fingerprint density at radius 1 is 1.03 bits per heavy atom. The van der Waals surface area contributed by atoms with Gasteiger partial charge in [0.05, 0.1) is 15.6 Å². The number of carbonyl (C=O) groups excluding carboxylic acids is 3. The maximum atomic E-state index is 12.8. The Morgan fingerprint density at radius 2 is 1.68 bits per heavy atom. The van der Waals surface area contributed by atoms with Crippen LogP contribution >= 0.6 is 23.2 Å². The summed E-state index contributed by atoms with van der Waals surface area (Å²) in [6.07, 6.45) is 7.99. The number of rotatable bonds is 6. The predicted molar refractivity (Wildman–Crippen MR) is 122 cm³/mol.